The molecule has 3 rings (SSSR count). The van der Waals surface area contributed by atoms with Gasteiger partial charge < -0.3 is 0 Å². The summed E-state index contributed by atoms with van der Waals surface area (Å²) in [4.78, 5) is 2.99. The number of nitrogens with one attached hydrogen (secondary N) is 1. The topological polar surface area (TPSA) is 38.0 Å². The van der Waals surface area contributed by atoms with Crippen LogP contribution >= 0.6 is 11.3 Å². The fraction of sp³-hybridized carbons (Fsp3) is 0.733. The van der Waals surface area contributed by atoms with Gasteiger partial charge in [-0.1, -0.05) is 13.3 Å². The quantitative estimate of drug-likeness (QED) is 0.633. The van der Waals surface area contributed by atoms with Crippen molar-refractivity contribution in [1.82, 2.24) is 5.43 Å². The van der Waals surface area contributed by atoms with E-state index in [0.29, 0.717) is 6.04 Å². The van der Waals surface area contributed by atoms with Crippen LogP contribution in [0, 0.1) is 17.8 Å². The predicted molar refractivity (Wildman–Crippen MR) is 77.5 cm³/mol. The van der Waals surface area contributed by atoms with Gasteiger partial charge in [0.05, 0.1) is 0 Å². The lowest BCUT2D eigenvalue weighted by Gasteiger charge is -2.29. The smallest absolute Gasteiger partial charge is 0.0289 e. The van der Waals surface area contributed by atoms with Crippen LogP contribution in [0.4, 0.5) is 0 Å². The van der Waals surface area contributed by atoms with Gasteiger partial charge in [0.25, 0.3) is 0 Å². The number of hydrazine groups is 1. The fourth-order valence-electron chi connectivity index (χ4n) is 4.06. The number of rotatable bonds is 5. The maximum absolute atomic E-state index is 5.83. The molecule has 1 aromatic rings. The minimum absolute atomic E-state index is 0.489. The average molecular weight is 264 g/mol. The Morgan fingerprint density at radius 2 is 2.17 bits per heavy atom. The summed E-state index contributed by atoms with van der Waals surface area (Å²) >= 11 is 1.96. The lowest BCUT2D eigenvalue weighted by molar-refractivity contribution is 0.249. The summed E-state index contributed by atoms with van der Waals surface area (Å²) in [5.41, 5.74) is 3.11. The van der Waals surface area contributed by atoms with E-state index in [0.717, 1.165) is 30.6 Å². The Labute approximate surface area is 114 Å². The molecule has 0 amide bonds. The second-order valence-electron chi connectivity index (χ2n) is 6.04. The van der Waals surface area contributed by atoms with E-state index in [-0.39, 0.29) is 0 Å². The number of nitrogens with two attached hydrogens (primary N) is 1. The van der Waals surface area contributed by atoms with Crippen LogP contribution in [0.15, 0.2) is 12.1 Å². The van der Waals surface area contributed by atoms with E-state index in [2.05, 4.69) is 24.5 Å². The Kier molecular flexibility index (Phi) is 3.73. The van der Waals surface area contributed by atoms with Crippen molar-refractivity contribution in [2.75, 3.05) is 0 Å². The van der Waals surface area contributed by atoms with Crippen LogP contribution in [-0.2, 0) is 12.8 Å². The predicted octanol–water partition coefficient (Wildman–Crippen LogP) is 3.12. The Bertz CT molecular complexity index is 401. The van der Waals surface area contributed by atoms with Gasteiger partial charge in [0.2, 0.25) is 0 Å². The van der Waals surface area contributed by atoms with Crippen molar-refractivity contribution in [3.05, 3.63) is 21.9 Å². The third-order valence-electron chi connectivity index (χ3n) is 5.01. The Morgan fingerprint density at radius 1 is 1.33 bits per heavy atom. The third kappa shape index (κ3) is 2.36. The summed E-state index contributed by atoms with van der Waals surface area (Å²) in [7, 11) is 0. The van der Waals surface area contributed by atoms with Crippen LogP contribution in [-0.4, -0.2) is 6.04 Å². The highest BCUT2D eigenvalue weighted by Gasteiger charge is 2.42. The first-order chi connectivity index (χ1) is 8.80. The van der Waals surface area contributed by atoms with Gasteiger partial charge in [-0.15, -0.1) is 11.3 Å². The molecule has 0 spiro atoms. The van der Waals surface area contributed by atoms with E-state index in [1.165, 1.54) is 35.4 Å². The van der Waals surface area contributed by atoms with Gasteiger partial charge in [-0.25, -0.2) is 0 Å². The zero-order chi connectivity index (χ0) is 12.5. The molecule has 0 aliphatic heterocycles. The molecule has 4 atom stereocenters. The van der Waals surface area contributed by atoms with Crippen molar-refractivity contribution in [3.8, 4) is 0 Å². The molecule has 0 aromatic carbocycles. The lowest BCUT2D eigenvalue weighted by atomic mass is 9.82. The average Bonchev–Trinajstić information content (AvgIpc) is 3.11. The summed E-state index contributed by atoms with van der Waals surface area (Å²) < 4.78 is 0. The summed E-state index contributed by atoms with van der Waals surface area (Å²) in [5, 5.41) is 0. The zero-order valence-electron chi connectivity index (χ0n) is 11.2. The standard InChI is InChI=1S/C15H24N2S/c1-2-12-5-6-13(18-12)9-15(17-16)14-8-10-3-4-11(14)7-10/h5-6,10-11,14-15,17H,2-4,7-9,16H2,1H3. The third-order valence-corrected chi connectivity index (χ3v) is 6.26. The molecule has 2 nitrogen and oxygen atoms in total. The fourth-order valence-corrected chi connectivity index (χ4v) is 5.08. The molecular formula is C15H24N2S. The van der Waals surface area contributed by atoms with Crippen LogP contribution in [0.2, 0.25) is 0 Å². The van der Waals surface area contributed by atoms with E-state index in [9.17, 15) is 0 Å². The second-order valence-corrected chi connectivity index (χ2v) is 7.29. The van der Waals surface area contributed by atoms with Crippen molar-refractivity contribution >= 4 is 11.3 Å². The van der Waals surface area contributed by atoms with Gasteiger partial charge in [0.1, 0.15) is 0 Å². The highest BCUT2D eigenvalue weighted by atomic mass is 32.1. The van der Waals surface area contributed by atoms with Crippen LogP contribution in [0.3, 0.4) is 0 Å². The number of aryl methyl sites for hydroxylation is 1. The maximum Gasteiger partial charge on any atom is 0.0289 e. The molecule has 2 aliphatic carbocycles. The molecule has 1 aromatic heterocycles. The van der Waals surface area contributed by atoms with E-state index < -0.39 is 0 Å². The molecule has 18 heavy (non-hydrogen) atoms. The van der Waals surface area contributed by atoms with E-state index >= 15 is 0 Å². The van der Waals surface area contributed by atoms with Crippen molar-refractivity contribution in [1.29, 1.82) is 0 Å². The zero-order valence-corrected chi connectivity index (χ0v) is 12.0. The molecule has 0 radical (unpaired) electrons. The van der Waals surface area contributed by atoms with Gasteiger partial charge in [-0.2, -0.15) is 0 Å². The van der Waals surface area contributed by atoms with Crippen molar-refractivity contribution < 1.29 is 0 Å². The minimum atomic E-state index is 0.489. The number of hydrogen-bond donors (Lipinski definition) is 2. The Balaban J connectivity index is 1.65. The molecule has 2 saturated carbocycles. The minimum Gasteiger partial charge on any atom is -0.271 e. The molecule has 3 N–H and O–H groups in total. The monoisotopic (exact) mass is 264 g/mol. The molecule has 4 unspecified atom stereocenters. The second kappa shape index (κ2) is 5.32. The van der Waals surface area contributed by atoms with Crippen LogP contribution in [0.25, 0.3) is 0 Å². The van der Waals surface area contributed by atoms with Gasteiger partial charge in [0.15, 0.2) is 0 Å². The van der Waals surface area contributed by atoms with E-state index in [1.54, 1.807) is 0 Å². The van der Waals surface area contributed by atoms with Crippen molar-refractivity contribution in [2.24, 2.45) is 23.6 Å². The molecule has 0 saturated heterocycles. The molecule has 3 heteroatoms. The molecule has 2 bridgehead atoms. The van der Waals surface area contributed by atoms with Crippen LogP contribution in [0.1, 0.15) is 42.4 Å². The van der Waals surface area contributed by atoms with Crippen molar-refractivity contribution in [2.45, 2.75) is 51.5 Å². The number of fused-ring (bicyclic) bond motifs is 2. The molecule has 2 fully saturated rings. The summed E-state index contributed by atoms with van der Waals surface area (Å²) in [5.74, 6) is 8.60. The highest BCUT2D eigenvalue weighted by Crippen LogP contribution is 2.49. The van der Waals surface area contributed by atoms with Crippen molar-refractivity contribution in [3.63, 3.8) is 0 Å². The summed E-state index contributed by atoms with van der Waals surface area (Å²) in [6, 6.07) is 5.05. The first kappa shape index (κ1) is 12.6. The number of thiophene rings is 1. The first-order valence-electron chi connectivity index (χ1n) is 7.33. The largest absolute Gasteiger partial charge is 0.271 e. The van der Waals surface area contributed by atoms with Gasteiger partial charge in [0, 0.05) is 15.8 Å². The first-order valence-corrected chi connectivity index (χ1v) is 8.15. The maximum atomic E-state index is 5.83. The summed E-state index contributed by atoms with van der Waals surface area (Å²) in [6.07, 6.45) is 8.06. The lowest BCUT2D eigenvalue weighted by Crippen LogP contribution is -2.44. The molecule has 100 valence electrons. The van der Waals surface area contributed by atoms with E-state index in [1.807, 2.05) is 11.3 Å². The highest BCUT2D eigenvalue weighted by molar-refractivity contribution is 7.11. The van der Waals surface area contributed by atoms with Gasteiger partial charge in [-0.05, 0) is 62.0 Å². The molecule has 1 heterocycles. The molecular weight excluding hydrogens is 240 g/mol. The SMILES string of the molecule is CCc1ccc(CC(NN)C2CC3CCC2C3)s1. The summed E-state index contributed by atoms with van der Waals surface area (Å²) in [6.45, 7) is 2.23. The number of hydrogen-bond acceptors (Lipinski definition) is 3. The van der Waals surface area contributed by atoms with Gasteiger partial charge >= 0.3 is 0 Å². The Morgan fingerprint density at radius 3 is 2.72 bits per heavy atom. The Hall–Kier alpha value is -0.380. The van der Waals surface area contributed by atoms with Crippen LogP contribution < -0.4 is 11.3 Å². The van der Waals surface area contributed by atoms with Gasteiger partial charge in [-0.3, -0.25) is 11.3 Å². The molecule has 2 aliphatic rings. The normalized spacial score (nSPS) is 32.0. The van der Waals surface area contributed by atoms with Crippen LogP contribution in [0.5, 0.6) is 0 Å². The van der Waals surface area contributed by atoms with E-state index in [4.69, 9.17) is 5.84 Å².